The first-order valence-electron chi connectivity index (χ1n) is 6.42. The summed E-state index contributed by atoms with van der Waals surface area (Å²) in [5.41, 5.74) is 0.333. The van der Waals surface area contributed by atoms with E-state index in [4.69, 9.17) is 0 Å². The van der Waals surface area contributed by atoms with Gasteiger partial charge in [-0.2, -0.15) is 0 Å². The number of nitrogens with one attached hydrogen (secondary N) is 1. The Morgan fingerprint density at radius 1 is 1.18 bits per heavy atom. The molecular weight excluding hydrogens is 236 g/mol. The summed E-state index contributed by atoms with van der Waals surface area (Å²) < 4.78 is 22.5. The molecule has 17 heavy (non-hydrogen) atoms. The van der Waals surface area contributed by atoms with Crippen molar-refractivity contribution in [3.63, 3.8) is 0 Å². The molecule has 0 spiro atoms. The van der Waals surface area contributed by atoms with Crippen molar-refractivity contribution >= 4 is 9.84 Å². The summed E-state index contributed by atoms with van der Waals surface area (Å²) in [7, 11) is -2.73. The molecule has 0 amide bonds. The fourth-order valence-corrected chi connectivity index (χ4v) is 3.14. The van der Waals surface area contributed by atoms with Crippen LogP contribution < -0.4 is 5.32 Å². The van der Waals surface area contributed by atoms with Crippen molar-refractivity contribution in [2.45, 2.75) is 27.2 Å². The molecule has 1 saturated heterocycles. The number of sulfone groups is 1. The molecule has 0 saturated carbocycles. The summed E-state index contributed by atoms with van der Waals surface area (Å²) >= 11 is 0. The van der Waals surface area contributed by atoms with E-state index in [1.165, 1.54) is 0 Å². The zero-order chi connectivity index (χ0) is 12.9. The second-order valence-electron chi connectivity index (χ2n) is 6.08. The van der Waals surface area contributed by atoms with Gasteiger partial charge in [0.05, 0.1) is 11.5 Å². The highest BCUT2D eigenvalue weighted by Crippen LogP contribution is 2.10. The van der Waals surface area contributed by atoms with Crippen molar-refractivity contribution in [1.82, 2.24) is 10.2 Å². The van der Waals surface area contributed by atoms with Gasteiger partial charge in [0, 0.05) is 13.1 Å². The van der Waals surface area contributed by atoms with Crippen molar-refractivity contribution < 1.29 is 8.42 Å². The Kier molecular flexibility index (Phi) is 5.41. The lowest BCUT2D eigenvalue weighted by atomic mass is 9.97. The maximum Gasteiger partial charge on any atom is 0.152 e. The van der Waals surface area contributed by atoms with Crippen molar-refractivity contribution in [3.8, 4) is 0 Å². The minimum Gasteiger partial charge on any atom is -0.316 e. The van der Waals surface area contributed by atoms with Gasteiger partial charge in [-0.05, 0) is 31.5 Å². The first-order chi connectivity index (χ1) is 7.79. The fourth-order valence-electron chi connectivity index (χ4n) is 1.86. The maximum absolute atomic E-state index is 11.2. The lowest BCUT2D eigenvalue weighted by molar-refractivity contribution is 0.286. The monoisotopic (exact) mass is 262 g/mol. The number of nitrogens with zero attached hydrogens (tertiary/aromatic N) is 1. The average molecular weight is 262 g/mol. The van der Waals surface area contributed by atoms with Crippen LogP contribution in [0.25, 0.3) is 0 Å². The van der Waals surface area contributed by atoms with Gasteiger partial charge in [0.1, 0.15) is 0 Å². The molecule has 1 aliphatic rings. The Hall–Kier alpha value is -0.130. The molecule has 0 bridgehead atoms. The van der Waals surface area contributed by atoms with E-state index in [2.05, 4.69) is 31.0 Å². The normalized spacial score (nSPS) is 21.6. The van der Waals surface area contributed by atoms with E-state index in [1.54, 1.807) is 0 Å². The molecule has 1 heterocycles. The highest BCUT2D eigenvalue weighted by Gasteiger charge is 2.20. The topological polar surface area (TPSA) is 49.4 Å². The summed E-state index contributed by atoms with van der Waals surface area (Å²) in [6.07, 6.45) is 1.09. The third-order valence-electron chi connectivity index (χ3n) is 2.92. The second-order valence-corrected chi connectivity index (χ2v) is 8.39. The third kappa shape index (κ3) is 7.01. The Morgan fingerprint density at radius 3 is 2.29 bits per heavy atom. The van der Waals surface area contributed by atoms with Gasteiger partial charge in [0.15, 0.2) is 9.84 Å². The first-order valence-corrected chi connectivity index (χ1v) is 8.24. The van der Waals surface area contributed by atoms with Gasteiger partial charge in [-0.3, -0.25) is 0 Å². The Bertz CT molecular complexity index is 306. The molecule has 1 rings (SSSR count). The van der Waals surface area contributed by atoms with Gasteiger partial charge in [0.2, 0.25) is 0 Å². The van der Waals surface area contributed by atoms with Crippen LogP contribution in [0.2, 0.25) is 0 Å². The lowest BCUT2D eigenvalue weighted by Gasteiger charge is -2.26. The van der Waals surface area contributed by atoms with Crippen LogP contribution in [-0.4, -0.2) is 57.5 Å². The predicted octanol–water partition coefficient (Wildman–Crippen LogP) is 0.743. The van der Waals surface area contributed by atoms with Crippen LogP contribution in [0, 0.1) is 5.41 Å². The molecule has 0 aromatic heterocycles. The molecule has 4 nitrogen and oxygen atoms in total. The van der Waals surface area contributed by atoms with Crippen molar-refractivity contribution in [2.24, 2.45) is 5.41 Å². The average Bonchev–Trinajstić information content (AvgIpc) is 2.18. The summed E-state index contributed by atoms with van der Waals surface area (Å²) in [6, 6.07) is 0. The van der Waals surface area contributed by atoms with Crippen LogP contribution in [0.3, 0.4) is 0 Å². The minimum atomic E-state index is -2.73. The van der Waals surface area contributed by atoms with Crippen LogP contribution in [0.15, 0.2) is 0 Å². The molecule has 1 N–H and O–H groups in total. The van der Waals surface area contributed by atoms with Crippen molar-refractivity contribution in [2.75, 3.05) is 44.2 Å². The van der Waals surface area contributed by atoms with E-state index in [1.807, 2.05) is 0 Å². The summed E-state index contributed by atoms with van der Waals surface area (Å²) in [6.45, 7) is 11.1. The molecule has 1 aliphatic heterocycles. The molecule has 0 unspecified atom stereocenters. The van der Waals surface area contributed by atoms with E-state index in [9.17, 15) is 8.42 Å². The van der Waals surface area contributed by atoms with Gasteiger partial charge in [-0.1, -0.05) is 20.8 Å². The SMILES string of the molecule is CC(C)(C)CNCCCN1CCS(=O)(=O)CC1. The van der Waals surface area contributed by atoms with E-state index in [0.717, 1.165) is 26.1 Å². The molecular formula is C12H26N2O2S. The lowest BCUT2D eigenvalue weighted by Crippen LogP contribution is -2.41. The van der Waals surface area contributed by atoms with Crippen LogP contribution in [0.5, 0.6) is 0 Å². The Morgan fingerprint density at radius 2 is 1.76 bits per heavy atom. The Balaban J connectivity index is 2.05. The maximum atomic E-state index is 11.2. The van der Waals surface area contributed by atoms with Crippen LogP contribution >= 0.6 is 0 Å². The minimum absolute atomic E-state index is 0.333. The summed E-state index contributed by atoms with van der Waals surface area (Å²) in [5, 5.41) is 3.44. The highest BCUT2D eigenvalue weighted by atomic mass is 32.2. The first kappa shape index (κ1) is 14.9. The van der Waals surface area contributed by atoms with E-state index >= 15 is 0 Å². The van der Waals surface area contributed by atoms with Crippen LogP contribution in [0.4, 0.5) is 0 Å². The standard InChI is InChI=1S/C12H26N2O2S/c1-12(2,3)11-13-5-4-6-14-7-9-17(15,16)10-8-14/h13H,4-11H2,1-3H3. The molecule has 102 valence electrons. The second kappa shape index (κ2) is 6.16. The van der Waals surface area contributed by atoms with Gasteiger partial charge >= 0.3 is 0 Å². The Labute approximate surface area is 106 Å². The van der Waals surface area contributed by atoms with Gasteiger partial charge in [-0.15, -0.1) is 0 Å². The fraction of sp³-hybridized carbons (Fsp3) is 1.00. The summed E-state index contributed by atoms with van der Waals surface area (Å²) in [5.74, 6) is 0.671. The van der Waals surface area contributed by atoms with E-state index < -0.39 is 9.84 Å². The predicted molar refractivity (Wildman–Crippen MR) is 72.0 cm³/mol. The van der Waals surface area contributed by atoms with E-state index in [0.29, 0.717) is 30.0 Å². The van der Waals surface area contributed by atoms with Gasteiger partial charge < -0.3 is 10.2 Å². The zero-order valence-corrected chi connectivity index (χ0v) is 12.1. The van der Waals surface area contributed by atoms with Crippen molar-refractivity contribution in [1.29, 1.82) is 0 Å². The zero-order valence-electron chi connectivity index (χ0n) is 11.3. The van der Waals surface area contributed by atoms with Gasteiger partial charge in [-0.25, -0.2) is 8.42 Å². The van der Waals surface area contributed by atoms with Gasteiger partial charge in [0.25, 0.3) is 0 Å². The largest absolute Gasteiger partial charge is 0.316 e. The molecule has 0 aromatic rings. The number of hydrogen-bond donors (Lipinski definition) is 1. The van der Waals surface area contributed by atoms with Crippen molar-refractivity contribution in [3.05, 3.63) is 0 Å². The van der Waals surface area contributed by atoms with Crippen LogP contribution in [-0.2, 0) is 9.84 Å². The molecule has 0 atom stereocenters. The molecule has 0 aliphatic carbocycles. The molecule has 0 radical (unpaired) electrons. The van der Waals surface area contributed by atoms with E-state index in [-0.39, 0.29) is 0 Å². The molecule has 5 heteroatoms. The molecule has 1 fully saturated rings. The smallest absolute Gasteiger partial charge is 0.152 e. The number of rotatable bonds is 5. The molecule has 0 aromatic carbocycles. The quantitative estimate of drug-likeness (QED) is 0.743. The number of hydrogen-bond acceptors (Lipinski definition) is 4. The summed E-state index contributed by atoms with van der Waals surface area (Å²) in [4.78, 5) is 2.25. The highest BCUT2D eigenvalue weighted by molar-refractivity contribution is 7.91. The van der Waals surface area contributed by atoms with Crippen LogP contribution in [0.1, 0.15) is 27.2 Å². The third-order valence-corrected chi connectivity index (χ3v) is 4.53.